The second-order valence-electron chi connectivity index (χ2n) is 6.12. The van der Waals surface area contributed by atoms with Gasteiger partial charge in [0.2, 0.25) is 5.91 Å². The van der Waals surface area contributed by atoms with E-state index in [1.165, 1.54) is 36.0 Å². The van der Waals surface area contributed by atoms with E-state index in [1.54, 1.807) is 0 Å². The summed E-state index contributed by atoms with van der Waals surface area (Å²) in [5.41, 5.74) is 4.11. The first-order chi connectivity index (χ1) is 9.74. The van der Waals surface area contributed by atoms with E-state index < -0.39 is 0 Å². The Morgan fingerprint density at radius 1 is 1.25 bits per heavy atom. The van der Waals surface area contributed by atoms with Crippen LogP contribution in [0.5, 0.6) is 0 Å². The summed E-state index contributed by atoms with van der Waals surface area (Å²) in [7, 11) is 1.96. The van der Waals surface area contributed by atoms with Crippen LogP contribution in [0.3, 0.4) is 0 Å². The van der Waals surface area contributed by atoms with Crippen LogP contribution in [0.4, 0.5) is 0 Å². The third-order valence-electron chi connectivity index (χ3n) is 4.77. The molecular formula is C17H24N2O. The highest BCUT2D eigenvalue weighted by atomic mass is 16.2. The number of carbonyl (C=O) groups is 1. The van der Waals surface area contributed by atoms with Crippen LogP contribution in [0.15, 0.2) is 18.2 Å². The van der Waals surface area contributed by atoms with Crippen molar-refractivity contribution in [3.8, 4) is 0 Å². The van der Waals surface area contributed by atoms with Crippen LogP contribution in [0.25, 0.3) is 0 Å². The number of hydrogen-bond donors (Lipinski definition) is 1. The molecule has 108 valence electrons. The number of nitrogens with one attached hydrogen (secondary N) is 1. The number of amides is 1. The molecule has 0 unspecified atom stereocenters. The number of hydrogen-bond acceptors (Lipinski definition) is 2. The van der Waals surface area contributed by atoms with E-state index in [0.717, 1.165) is 25.9 Å². The molecule has 1 aromatic rings. The Labute approximate surface area is 121 Å². The van der Waals surface area contributed by atoms with Gasteiger partial charge in [0.05, 0.1) is 6.42 Å². The van der Waals surface area contributed by atoms with Gasteiger partial charge >= 0.3 is 0 Å². The summed E-state index contributed by atoms with van der Waals surface area (Å²) >= 11 is 0. The van der Waals surface area contributed by atoms with Crippen LogP contribution in [0, 0.1) is 0 Å². The fourth-order valence-corrected chi connectivity index (χ4v) is 3.43. The summed E-state index contributed by atoms with van der Waals surface area (Å²) in [4.78, 5) is 14.4. The first-order valence-corrected chi connectivity index (χ1v) is 7.81. The minimum atomic E-state index is 0.259. The average Bonchev–Trinajstić information content (AvgIpc) is 2.95. The monoisotopic (exact) mass is 272 g/mol. The summed E-state index contributed by atoms with van der Waals surface area (Å²) in [6.07, 6.45) is 6.36. The maximum atomic E-state index is 12.4. The fourth-order valence-electron chi connectivity index (χ4n) is 3.43. The molecule has 0 radical (unpaired) electrons. The predicted octanol–water partition coefficient (Wildman–Crippen LogP) is 1.93. The molecule has 0 bridgehead atoms. The van der Waals surface area contributed by atoms with Gasteiger partial charge in [-0.05, 0) is 61.9 Å². The minimum Gasteiger partial charge on any atom is -0.342 e. The lowest BCUT2D eigenvalue weighted by Gasteiger charge is -2.31. The first-order valence-electron chi connectivity index (χ1n) is 7.81. The summed E-state index contributed by atoms with van der Waals surface area (Å²) in [5, 5.41) is 3.35. The van der Waals surface area contributed by atoms with Gasteiger partial charge < -0.3 is 10.2 Å². The zero-order valence-corrected chi connectivity index (χ0v) is 12.3. The van der Waals surface area contributed by atoms with Crippen LogP contribution in [0.2, 0.25) is 0 Å². The molecule has 3 nitrogen and oxygen atoms in total. The topological polar surface area (TPSA) is 32.3 Å². The summed E-state index contributed by atoms with van der Waals surface area (Å²) in [5.74, 6) is 0.259. The van der Waals surface area contributed by atoms with Crippen molar-refractivity contribution >= 4 is 5.91 Å². The van der Waals surface area contributed by atoms with Crippen molar-refractivity contribution in [1.82, 2.24) is 10.2 Å². The van der Waals surface area contributed by atoms with Gasteiger partial charge in [0.15, 0.2) is 0 Å². The van der Waals surface area contributed by atoms with Crippen LogP contribution in [-0.4, -0.2) is 37.0 Å². The predicted molar refractivity (Wildman–Crippen MR) is 80.8 cm³/mol. The van der Waals surface area contributed by atoms with E-state index in [2.05, 4.69) is 23.5 Å². The Morgan fingerprint density at radius 3 is 2.80 bits per heavy atom. The SMILES string of the molecule is CN(C(=O)Cc1ccc2c(c1)CCC2)C1CCNCC1. The highest BCUT2D eigenvalue weighted by Crippen LogP contribution is 2.23. The second-order valence-corrected chi connectivity index (χ2v) is 6.12. The summed E-state index contributed by atoms with van der Waals surface area (Å²) in [6.45, 7) is 2.06. The molecule has 0 saturated carbocycles. The maximum Gasteiger partial charge on any atom is 0.226 e. The number of benzene rings is 1. The van der Waals surface area contributed by atoms with E-state index in [9.17, 15) is 4.79 Å². The quantitative estimate of drug-likeness (QED) is 0.912. The molecule has 1 amide bonds. The third kappa shape index (κ3) is 2.88. The summed E-state index contributed by atoms with van der Waals surface area (Å²) < 4.78 is 0. The Kier molecular flexibility index (Phi) is 4.06. The number of aryl methyl sites for hydroxylation is 2. The lowest BCUT2D eigenvalue weighted by molar-refractivity contribution is -0.131. The molecule has 1 aliphatic carbocycles. The number of nitrogens with zero attached hydrogens (tertiary/aromatic N) is 1. The van der Waals surface area contributed by atoms with E-state index in [1.807, 2.05) is 11.9 Å². The second kappa shape index (κ2) is 5.96. The van der Waals surface area contributed by atoms with E-state index in [-0.39, 0.29) is 5.91 Å². The average molecular weight is 272 g/mol. The van der Waals surface area contributed by atoms with Crippen molar-refractivity contribution in [2.75, 3.05) is 20.1 Å². The van der Waals surface area contributed by atoms with Gasteiger partial charge in [0.1, 0.15) is 0 Å². The van der Waals surface area contributed by atoms with Gasteiger partial charge in [-0.1, -0.05) is 18.2 Å². The number of carbonyl (C=O) groups excluding carboxylic acids is 1. The van der Waals surface area contributed by atoms with Gasteiger partial charge in [-0.15, -0.1) is 0 Å². The van der Waals surface area contributed by atoms with Crippen molar-refractivity contribution in [3.05, 3.63) is 34.9 Å². The molecule has 1 aromatic carbocycles. The van der Waals surface area contributed by atoms with Crippen molar-refractivity contribution in [2.45, 2.75) is 44.6 Å². The van der Waals surface area contributed by atoms with Crippen molar-refractivity contribution < 1.29 is 4.79 Å². The van der Waals surface area contributed by atoms with E-state index in [4.69, 9.17) is 0 Å². The van der Waals surface area contributed by atoms with Gasteiger partial charge in [-0.3, -0.25) is 4.79 Å². The molecule has 2 aliphatic rings. The number of fused-ring (bicyclic) bond motifs is 1. The smallest absolute Gasteiger partial charge is 0.226 e. The van der Waals surface area contributed by atoms with Gasteiger partial charge in [0.25, 0.3) is 0 Å². The molecule has 0 atom stereocenters. The molecule has 3 rings (SSSR count). The Bertz CT molecular complexity index is 492. The highest BCUT2D eigenvalue weighted by Gasteiger charge is 2.22. The Hall–Kier alpha value is -1.35. The number of likely N-dealkylation sites (N-methyl/N-ethyl adjacent to an activating group) is 1. The normalized spacial score (nSPS) is 18.9. The zero-order valence-electron chi connectivity index (χ0n) is 12.3. The molecule has 1 heterocycles. The Balaban J connectivity index is 1.63. The lowest BCUT2D eigenvalue weighted by atomic mass is 10.0. The summed E-state index contributed by atoms with van der Waals surface area (Å²) in [6, 6.07) is 7.02. The molecule has 1 fully saturated rings. The van der Waals surface area contributed by atoms with Crippen molar-refractivity contribution in [3.63, 3.8) is 0 Å². The van der Waals surface area contributed by atoms with Crippen LogP contribution >= 0.6 is 0 Å². The van der Waals surface area contributed by atoms with Gasteiger partial charge in [-0.25, -0.2) is 0 Å². The van der Waals surface area contributed by atoms with Crippen molar-refractivity contribution in [2.24, 2.45) is 0 Å². The van der Waals surface area contributed by atoms with Crippen LogP contribution in [-0.2, 0) is 24.1 Å². The fraction of sp³-hybridized carbons (Fsp3) is 0.588. The molecule has 1 aliphatic heterocycles. The molecule has 0 aromatic heterocycles. The lowest BCUT2D eigenvalue weighted by Crippen LogP contribution is -2.44. The minimum absolute atomic E-state index is 0.259. The largest absolute Gasteiger partial charge is 0.342 e. The van der Waals surface area contributed by atoms with Gasteiger partial charge in [-0.2, -0.15) is 0 Å². The number of piperidine rings is 1. The molecule has 1 saturated heterocycles. The highest BCUT2D eigenvalue weighted by molar-refractivity contribution is 5.79. The van der Waals surface area contributed by atoms with E-state index >= 15 is 0 Å². The van der Waals surface area contributed by atoms with Crippen LogP contribution in [0.1, 0.15) is 36.0 Å². The van der Waals surface area contributed by atoms with E-state index in [0.29, 0.717) is 12.5 Å². The van der Waals surface area contributed by atoms with Crippen molar-refractivity contribution in [1.29, 1.82) is 0 Å². The molecule has 3 heteroatoms. The standard InChI is InChI=1S/C17H24N2O/c1-19(16-7-9-18-10-8-16)17(20)12-13-5-6-14-3-2-4-15(14)11-13/h5-6,11,16,18H,2-4,7-10,12H2,1H3. The van der Waals surface area contributed by atoms with Gasteiger partial charge in [0, 0.05) is 13.1 Å². The molecule has 0 spiro atoms. The van der Waals surface area contributed by atoms with Crippen LogP contribution < -0.4 is 5.32 Å². The zero-order chi connectivity index (χ0) is 13.9. The third-order valence-corrected chi connectivity index (χ3v) is 4.77. The molecular weight excluding hydrogens is 248 g/mol. The molecule has 20 heavy (non-hydrogen) atoms. The maximum absolute atomic E-state index is 12.4. The Morgan fingerprint density at radius 2 is 2.00 bits per heavy atom. The first kappa shape index (κ1) is 13.6. The molecule has 1 N–H and O–H groups in total. The number of rotatable bonds is 3.